The number of carbonyl (C=O) groups is 1. The third-order valence-electron chi connectivity index (χ3n) is 4.12. The van der Waals surface area contributed by atoms with Crippen molar-refractivity contribution in [3.8, 4) is 0 Å². The minimum absolute atomic E-state index is 0.283. The van der Waals surface area contributed by atoms with E-state index in [0.29, 0.717) is 12.5 Å². The van der Waals surface area contributed by atoms with Gasteiger partial charge in [-0.2, -0.15) is 0 Å². The first kappa shape index (κ1) is 16.4. The van der Waals surface area contributed by atoms with Gasteiger partial charge in [0.15, 0.2) is 0 Å². The predicted octanol–water partition coefficient (Wildman–Crippen LogP) is 4.67. The minimum Gasteiger partial charge on any atom is -0.352 e. The molecule has 1 amide bonds. The summed E-state index contributed by atoms with van der Waals surface area (Å²) in [7, 11) is 0. The number of nitrogens with one attached hydrogen (secondary N) is 1. The number of rotatable bonds is 4. The van der Waals surface area contributed by atoms with E-state index >= 15 is 0 Å². The monoisotopic (exact) mass is 359 g/mol. The molecule has 0 saturated heterocycles. The molecule has 116 valence electrons. The fourth-order valence-corrected chi connectivity index (χ4v) is 3.46. The maximum Gasteiger partial charge on any atom is 0.257 e. The number of benzene rings is 1. The van der Waals surface area contributed by atoms with Crippen molar-refractivity contribution in [2.45, 2.75) is 39.0 Å². The molecule has 5 heteroatoms. The Morgan fingerprint density at radius 1 is 1.33 bits per heavy atom. The zero-order valence-corrected chi connectivity index (χ0v) is 13.7. The van der Waals surface area contributed by atoms with Gasteiger partial charge in [-0.3, -0.25) is 4.79 Å². The molecular formula is C16H20BrF2NO. The standard InChI is InChI=1S/C16H20BrF2NO/c1-10-3-2-4-11(7-10)5-6-20-16(21)15-13(18)8-12(17)9-14(15)19/h8-11H,2-7H2,1H3,(H,20,21). The number of hydrogen-bond acceptors (Lipinski definition) is 1. The topological polar surface area (TPSA) is 29.1 Å². The molecule has 2 atom stereocenters. The highest BCUT2D eigenvalue weighted by atomic mass is 79.9. The Balaban J connectivity index is 1.87. The molecule has 0 aromatic heterocycles. The second-order valence-corrected chi connectivity index (χ2v) is 6.84. The fraction of sp³-hybridized carbons (Fsp3) is 0.562. The van der Waals surface area contributed by atoms with Crippen molar-refractivity contribution in [1.82, 2.24) is 5.32 Å². The molecule has 21 heavy (non-hydrogen) atoms. The maximum atomic E-state index is 13.7. The Labute approximate surface area is 132 Å². The average molecular weight is 360 g/mol. The largest absolute Gasteiger partial charge is 0.352 e. The molecule has 2 rings (SSSR count). The van der Waals surface area contributed by atoms with Gasteiger partial charge in [-0.25, -0.2) is 8.78 Å². The Kier molecular flexibility index (Phi) is 5.73. The van der Waals surface area contributed by atoms with Crippen molar-refractivity contribution in [1.29, 1.82) is 0 Å². The SMILES string of the molecule is CC1CCCC(CCNC(=O)c2c(F)cc(Br)cc2F)C1. The van der Waals surface area contributed by atoms with Crippen LogP contribution in [-0.2, 0) is 0 Å². The summed E-state index contributed by atoms with van der Waals surface area (Å²) in [4.78, 5) is 11.9. The van der Waals surface area contributed by atoms with Gasteiger partial charge in [0.2, 0.25) is 0 Å². The minimum atomic E-state index is -0.842. The molecule has 1 fully saturated rings. The Morgan fingerprint density at radius 2 is 2.00 bits per heavy atom. The summed E-state index contributed by atoms with van der Waals surface area (Å²) in [5, 5.41) is 2.63. The van der Waals surface area contributed by atoms with Gasteiger partial charge in [0.1, 0.15) is 17.2 Å². The van der Waals surface area contributed by atoms with Crippen LogP contribution in [-0.4, -0.2) is 12.5 Å². The van der Waals surface area contributed by atoms with Gasteiger partial charge in [-0.05, 0) is 36.8 Å². The highest BCUT2D eigenvalue weighted by Crippen LogP contribution is 2.30. The van der Waals surface area contributed by atoms with Crippen molar-refractivity contribution in [2.24, 2.45) is 11.8 Å². The third kappa shape index (κ3) is 4.50. The molecule has 1 aliphatic carbocycles. The first-order valence-electron chi connectivity index (χ1n) is 7.40. The van der Waals surface area contributed by atoms with Crippen molar-refractivity contribution in [3.63, 3.8) is 0 Å². The average Bonchev–Trinajstić information content (AvgIpc) is 2.37. The van der Waals surface area contributed by atoms with Gasteiger partial charge >= 0.3 is 0 Å². The molecule has 0 radical (unpaired) electrons. The van der Waals surface area contributed by atoms with Crippen molar-refractivity contribution >= 4 is 21.8 Å². The lowest BCUT2D eigenvalue weighted by Gasteiger charge is -2.26. The highest BCUT2D eigenvalue weighted by molar-refractivity contribution is 9.10. The number of hydrogen-bond donors (Lipinski definition) is 1. The summed E-state index contributed by atoms with van der Waals surface area (Å²) in [6.07, 6.45) is 5.74. The lowest BCUT2D eigenvalue weighted by atomic mass is 9.81. The Bertz CT molecular complexity index is 498. The van der Waals surface area contributed by atoms with Gasteiger partial charge in [-0.15, -0.1) is 0 Å². The zero-order chi connectivity index (χ0) is 15.4. The normalized spacial score (nSPS) is 22.1. The van der Waals surface area contributed by atoms with Gasteiger partial charge in [0.25, 0.3) is 5.91 Å². The van der Waals surface area contributed by atoms with Crippen LogP contribution in [0.5, 0.6) is 0 Å². The van der Waals surface area contributed by atoms with Gasteiger partial charge in [-0.1, -0.05) is 42.1 Å². The molecule has 1 aromatic carbocycles. The van der Waals surface area contributed by atoms with Crippen LogP contribution in [0.15, 0.2) is 16.6 Å². The molecule has 1 aromatic rings. The summed E-state index contributed by atoms with van der Waals surface area (Å²) >= 11 is 2.99. The molecule has 2 nitrogen and oxygen atoms in total. The molecule has 0 bridgehead atoms. The predicted molar refractivity (Wildman–Crippen MR) is 82.1 cm³/mol. The lowest BCUT2D eigenvalue weighted by Crippen LogP contribution is -2.28. The zero-order valence-electron chi connectivity index (χ0n) is 12.1. The van der Waals surface area contributed by atoms with Gasteiger partial charge in [0, 0.05) is 11.0 Å². The summed E-state index contributed by atoms with van der Waals surface area (Å²) in [6.45, 7) is 2.71. The van der Waals surface area contributed by atoms with Crippen LogP contribution >= 0.6 is 15.9 Å². The van der Waals surface area contributed by atoms with Crippen LogP contribution in [0, 0.1) is 23.5 Å². The van der Waals surface area contributed by atoms with Crippen molar-refractivity contribution in [3.05, 3.63) is 33.8 Å². The van der Waals surface area contributed by atoms with Crippen molar-refractivity contribution < 1.29 is 13.6 Å². The quantitative estimate of drug-likeness (QED) is 0.831. The Morgan fingerprint density at radius 3 is 2.62 bits per heavy atom. The summed E-state index contributed by atoms with van der Waals surface area (Å²) in [5.41, 5.74) is -0.504. The molecule has 2 unspecified atom stereocenters. The van der Waals surface area contributed by atoms with Crippen LogP contribution in [0.1, 0.15) is 49.4 Å². The van der Waals surface area contributed by atoms with Crippen LogP contribution in [0.25, 0.3) is 0 Å². The van der Waals surface area contributed by atoms with Gasteiger partial charge in [0.05, 0.1) is 0 Å². The first-order chi connectivity index (χ1) is 9.97. The summed E-state index contributed by atoms with van der Waals surface area (Å²) < 4.78 is 27.6. The van der Waals surface area contributed by atoms with E-state index < -0.39 is 23.1 Å². The molecular weight excluding hydrogens is 340 g/mol. The van der Waals surface area contributed by atoms with E-state index in [1.165, 1.54) is 25.7 Å². The first-order valence-corrected chi connectivity index (χ1v) is 8.19. The van der Waals surface area contributed by atoms with Crippen LogP contribution in [0.4, 0.5) is 8.78 Å². The third-order valence-corrected chi connectivity index (χ3v) is 4.57. The molecule has 0 heterocycles. The second kappa shape index (κ2) is 7.34. The fourth-order valence-electron chi connectivity index (χ4n) is 3.06. The summed E-state index contributed by atoms with van der Waals surface area (Å²) in [5.74, 6) is -1.02. The molecule has 0 aliphatic heterocycles. The molecule has 1 aliphatic rings. The van der Waals surface area contributed by atoms with E-state index in [4.69, 9.17) is 0 Å². The molecule has 1 saturated carbocycles. The highest BCUT2D eigenvalue weighted by Gasteiger charge is 2.20. The second-order valence-electron chi connectivity index (χ2n) is 5.93. The number of carbonyl (C=O) groups excluding carboxylic acids is 1. The number of halogens is 3. The smallest absolute Gasteiger partial charge is 0.257 e. The molecule has 0 spiro atoms. The lowest BCUT2D eigenvalue weighted by molar-refractivity contribution is 0.0941. The van der Waals surface area contributed by atoms with E-state index in [-0.39, 0.29) is 4.47 Å². The Hall–Kier alpha value is -0.970. The van der Waals surface area contributed by atoms with E-state index in [9.17, 15) is 13.6 Å². The van der Waals surface area contributed by atoms with E-state index in [1.807, 2.05) is 0 Å². The van der Waals surface area contributed by atoms with Crippen LogP contribution < -0.4 is 5.32 Å². The van der Waals surface area contributed by atoms with E-state index in [0.717, 1.165) is 24.5 Å². The number of amides is 1. The summed E-state index contributed by atoms with van der Waals surface area (Å²) in [6, 6.07) is 2.20. The van der Waals surface area contributed by atoms with Crippen LogP contribution in [0.3, 0.4) is 0 Å². The van der Waals surface area contributed by atoms with E-state index in [1.54, 1.807) is 0 Å². The molecule has 1 N–H and O–H groups in total. The maximum absolute atomic E-state index is 13.7. The van der Waals surface area contributed by atoms with E-state index in [2.05, 4.69) is 28.2 Å². The van der Waals surface area contributed by atoms with Gasteiger partial charge < -0.3 is 5.32 Å². The van der Waals surface area contributed by atoms with Crippen molar-refractivity contribution in [2.75, 3.05) is 6.54 Å². The van der Waals surface area contributed by atoms with Crippen LogP contribution in [0.2, 0.25) is 0 Å².